The highest BCUT2D eigenvalue weighted by atomic mass is 79.9. The number of halogens is 1. The fourth-order valence-electron chi connectivity index (χ4n) is 1.40. The van der Waals surface area contributed by atoms with E-state index >= 15 is 0 Å². The van der Waals surface area contributed by atoms with E-state index in [9.17, 15) is 0 Å². The van der Waals surface area contributed by atoms with Gasteiger partial charge in [0.25, 0.3) is 0 Å². The van der Waals surface area contributed by atoms with Gasteiger partial charge >= 0.3 is 0 Å². The maximum absolute atomic E-state index is 4.64. The van der Waals surface area contributed by atoms with E-state index in [-0.39, 0.29) is 5.54 Å². The first kappa shape index (κ1) is 14.4. The molecule has 0 saturated carbocycles. The van der Waals surface area contributed by atoms with Crippen molar-refractivity contribution in [3.63, 3.8) is 0 Å². The molecule has 0 aliphatic rings. The molecule has 0 aliphatic carbocycles. The molecule has 0 radical (unpaired) electrons. The first-order chi connectivity index (χ1) is 7.77. The predicted octanol–water partition coefficient (Wildman–Crippen LogP) is 3.52. The van der Waals surface area contributed by atoms with Gasteiger partial charge in [-0.05, 0) is 20.8 Å². The summed E-state index contributed by atoms with van der Waals surface area (Å²) in [5.74, 6) is 2.26. The van der Waals surface area contributed by atoms with Gasteiger partial charge in [0.15, 0.2) is 0 Å². The third kappa shape index (κ3) is 3.41. The first-order valence-electron chi connectivity index (χ1n) is 5.93. The Morgan fingerprint density at radius 3 is 2.41 bits per heavy atom. The lowest BCUT2D eigenvalue weighted by Crippen LogP contribution is -2.43. The molecule has 1 heterocycles. The van der Waals surface area contributed by atoms with Crippen molar-refractivity contribution in [2.24, 2.45) is 0 Å². The number of nitrogens with zero attached hydrogens (tertiary/aromatic N) is 3. The van der Waals surface area contributed by atoms with Crippen LogP contribution in [0, 0.1) is 6.92 Å². The van der Waals surface area contributed by atoms with Gasteiger partial charge in [-0.2, -0.15) is 0 Å². The molecule has 0 unspecified atom stereocenters. The van der Waals surface area contributed by atoms with Crippen molar-refractivity contribution in [2.75, 3.05) is 17.3 Å². The average molecular weight is 300 g/mol. The molecule has 0 atom stereocenters. The third-order valence-corrected chi connectivity index (χ3v) is 4.33. The highest BCUT2D eigenvalue weighted by Gasteiger charge is 2.24. The van der Waals surface area contributed by atoms with Gasteiger partial charge in [-0.3, -0.25) is 0 Å². The Hall–Kier alpha value is -0.640. The highest BCUT2D eigenvalue weighted by molar-refractivity contribution is 9.09. The van der Waals surface area contributed by atoms with Gasteiger partial charge in [0.05, 0.1) is 0 Å². The van der Waals surface area contributed by atoms with Gasteiger partial charge in [0.2, 0.25) is 0 Å². The van der Waals surface area contributed by atoms with Crippen LogP contribution in [-0.4, -0.2) is 27.9 Å². The van der Waals surface area contributed by atoms with Gasteiger partial charge in [-0.1, -0.05) is 29.8 Å². The fraction of sp³-hybridized carbons (Fsp3) is 0.692. The minimum atomic E-state index is 0.0367. The number of alkyl halides is 1. The normalized spacial score (nSPS) is 12.0. The van der Waals surface area contributed by atoms with Crippen LogP contribution >= 0.6 is 15.9 Å². The summed E-state index contributed by atoms with van der Waals surface area (Å²) in [4.78, 5) is 11.3. The quantitative estimate of drug-likeness (QED) is 0.797. The third-order valence-electron chi connectivity index (χ3n) is 2.95. The zero-order valence-electron chi connectivity index (χ0n) is 11.6. The van der Waals surface area contributed by atoms with E-state index < -0.39 is 0 Å². The van der Waals surface area contributed by atoms with Gasteiger partial charge in [-0.15, -0.1) is 0 Å². The fourth-order valence-corrected chi connectivity index (χ4v) is 1.78. The van der Waals surface area contributed by atoms with Crippen LogP contribution < -0.4 is 4.90 Å². The van der Waals surface area contributed by atoms with E-state index in [2.05, 4.69) is 65.5 Å². The van der Waals surface area contributed by atoms with Gasteiger partial charge in [0, 0.05) is 35.6 Å². The largest absolute Gasteiger partial charge is 0.354 e. The summed E-state index contributed by atoms with van der Waals surface area (Å²) in [6.07, 6.45) is 0. The summed E-state index contributed by atoms with van der Waals surface area (Å²) >= 11 is 3.55. The van der Waals surface area contributed by atoms with Crippen molar-refractivity contribution in [3.05, 3.63) is 17.6 Å². The molecule has 0 spiro atoms. The zero-order valence-corrected chi connectivity index (χ0v) is 13.2. The molecule has 1 rings (SSSR count). The van der Waals surface area contributed by atoms with Gasteiger partial charge < -0.3 is 4.90 Å². The van der Waals surface area contributed by atoms with Crippen LogP contribution in [-0.2, 0) is 0 Å². The molecule has 0 bridgehead atoms. The minimum Gasteiger partial charge on any atom is -0.354 e. The Bertz CT molecular complexity index is 388. The first-order valence-corrected chi connectivity index (χ1v) is 7.05. The molecule has 1 aromatic heterocycles. The second-order valence-electron chi connectivity index (χ2n) is 5.39. The second-order valence-corrected chi connectivity index (χ2v) is 5.95. The summed E-state index contributed by atoms with van der Waals surface area (Å²) in [7, 11) is 2.08. The molecule has 0 N–H and O–H groups in total. The molecule has 0 aromatic carbocycles. The van der Waals surface area contributed by atoms with Gasteiger partial charge in [0.1, 0.15) is 11.6 Å². The van der Waals surface area contributed by atoms with Crippen LogP contribution in [0.3, 0.4) is 0 Å². The molecule has 0 saturated heterocycles. The van der Waals surface area contributed by atoms with E-state index in [0.717, 1.165) is 22.7 Å². The number of aryl methyl sites for hydroxylation is 1. The van der Waals surface area contributed by atoms with Crippen molar-refractivity contribution in [1.29, 1.82) is 0 Å². The van der Waals surface area contributed by atoms with Crippen molar-refractivity contribution >= 4 is 21.7 Å². The van der Waals surface area contributed by atoms with E-state index in [0.29, 0.717) is 5.92 Å². The summed E-state index contributed by atoms with van der Waals surface area (Å²) in [5, 5.41) is 0.899. The van der Waals surface area contributed by atoms with E-state index in [1.807, 2.05) is 13.0 Å². The van der Waals surface area contributed by atoms with Crippen LogP contribution in [0.25, 0.3) is 0 Å². The monoisotopic (exact) mass is 299 g/mol. The molecular formula is C13H22BrN3. The average Bonchev–Trinajstić information content (AvgIpc) is 2.27. The Labute approximate surface area is 113 Å². The van der Waals surface area contributed by atoms with E-state index in [4.69, 9.17) is 0 Å². The molecule has 3 nitrogen and oxygen atoms in total. The molecule has 0 aliphatic heterocycles. The summed E-state index contributed by atoms with van der Waals surface area (Å²) < 4.78 is 0. The molecule has 4 heteroatoms. The molecular weight excluding hydrogens is 278 g/mol. The number of aromatic nitrogens is 2. The maximum atomic E-state index is 4.64. The summed E-state index contributed by atoms with van der Waals surface area (Å²) in [5.41, 5.74) is 1.06. The smallest absolute Gasteiger partial charge is 0.133 e. The second kappa shape index (κ2) is 5.34. The van der Waals surface area contributed by atoms with E-state index in [1.54, 1.807) is 0 Å². The molecule has 0 amide bonds. The van der Waals surface area contributed by atoms with E-state index in [1.165, 1.54) is 0 Å². The Balaban J connectivity index is 3.14. The number of hydrogen-bond donors (Lipinski definition) is 0. The number of anilines is 1. The summed E-state index contributed by atoms with van der Waals surface area (Å²) in [6.45, 7) is 10.6. The predicted molar refractivity (Wildman–Crippen MR) is 77.1 cm³/mol. The Kier molecular flexibility index (Phi) is 4.53. The standard InChI is InChI=1S/C13H22BrN3/c1-9(2)12-15-10(3)7-11(16-12)17(6)13(4,5)8-14/h7,9H,8H2,1-6H3. The van der Waals surface area contributed by atoms with Crippen molar-refractivity contribution in [3.8, 4) is 0 Å². The van der Waals surface area contributed by atoms with Crippen molar-refractivity contribution < 1.29 is 0 Å². The Morgan fingerprint density at radius 1 is 1.35 bits per heavy atom. The lowest BCUT2D eigenvalue weighted by molar-refractivity contribution is 0.544. The van der Waals surface area contributed by atoms with Crippen LogP contribution in [0.2, 0.25) is 0 Å². The molecule has 1 aromatic rings. The van der Waals surface area contributed by atoms with Crippen LogP contribution in [0.15, 0.2) is 6.07 Å². The highest BCUT2D eigenvalue weighted by Crippen LogP contribution is 2.24. The lowest BCUT2D eigenvalue weighted by Gasteiger charge is -2.35. The van der Waals surface area contributed by atoms with Crippen LogP contribution in [0.4, 0.5) is 5.82 Å². The molecule has 96 valence electrons. The lowest BCUT2D eigenvalue weighted by atomic mass is 10.1. The van der Waals surface area contributed by atoms with Crippen molar-refractivity contribution in [1.82, 2.24) is 9.97 Å². The minimum absolute atomic E-state index is 0.0367. The van der Waals surface area contributed by atoms with Gasteiger partial charge in [-0.25, -0.2) is 9.97 Å². The Morgan fingerprint density at radius 2 is 1.94 bits per heavy atom. The maximum Gasteiger partial charge on any atom is 0.133 e. The SMILES string of the molecule is Cc1cc(N(C)C(C)(C)CBr)nc(C(C)C)n1. The van der Waals surface area contributed by atoms with Crippen molar-refractivity contribution in [2.45, 2.75) is 46.1 Å². The summed E-state index contributed by atoms with van der Waals surface area (Å²) in [6, 6.07) is 2.04. The van der Waals surface area contributed by atoms with Crippen LogP contribution in [0.5, 0.6) is 0 Å². The zero-order chi connectivity index (χ0) is 13.2. The molecule has 17 heavy (non-hydrogen) atoms. The van der Waals surface area contributed by atoms with Crippen LogP contribution in [0.1, 0.15) is 45.1 Å². The molecule has 0 fully saturated rings. The number of hydrogen-bond acceptors (Lipinski definition) is 3. The topological polar surface area (TPSA) is 29.0 Å². The number of rotatable bonds is 4.